The highest BCUT2D eigenvalue weighted by Gasteiger charge is 2.03. The minimum absolute atomic E-state index is 0.528. The Morgan fingerprint density at radius 2 is 0.875 bits per heavy atom. The summed E-state index contributed by atoms with van der Waals surface area (Å²) in [5.41, 5.74) is 0. The maximum atomic E-state index is 4.94. The second-order valence-electron chi connectivity index (χ2n) is 1.08. The lowest BCUT2D eigenvalue weighted by molar-refractivity contribution is -0.198. The molecule has 0 rings (SSSR count). The van der Waals surface area contributed by atoms with Gasteiger partial charge in [-0.05, 0) is 0 Å². The van der Waals surface area contributed by atoms with Crippen molar-refractivity contribution in [2.45, 2.75) is 0 Å². The molecule has 0 aromatic heterocycles. The van der Waals surface area contributed by atoms with Crippen LogP contribution in [0.15, 0.2) is 0 Å². The van der Waals surface area contributed by atoms with E-state index in [4.69, 9.17) is 29.2 Å². The van der Waals surface area contributed by atoms with Gasteiger partial charge in [0, 0.05) is 0 Å². The molecule has 0 aromatic carbocycles. The summed E-state index contributed by atoms with van der Waals surface area (Å²) in [5.74, 6) is 24.3. The van der Waals surface area contributed by atoms with E-state index in [1.54, 1.807) is 0 Å². The minimum Gasteiger partial charge on any atom is -0.238 e. The van der Waals surface area contributed by atoms with E-state index in [1.165, 1.54) is 0 Å². The van der Waals surface area contributed by atoms with E-state index < -0.39 is 0 Å². The zero-order valence-electron chi connectivity index (χ0n) is 4.23. The monoisotopic (exact) mass is 122 g/mol. The SMILES string of the molecule is NN(N)N(N)N(N)N. The molecule has 0 bridgehead atoms. The Balaban J connectivity index is 3.46. The number of nitrogens with zero attached hydrogens (tertiary/aromatic N) is 3. The minimum atomic E-state index is 0.528. The van der Waals surface area contributed by atoms with Gasteiger partial charge >= 0.3 is 0 Å². The lowest BCUT2D eigenvalue weighted by atomic mass is 11.9. The first kappa shape index (κ1) is 7.68. The summed E-state index contributed by atoms with van der Waals surface area (Å²) in [5, 5.41) is 1.67. The van der Waals surface area contributed by atoms with Gasteiger partial charge in [0.15, 0.2) is 0 Å². The Hall–Kier alpha value is -0.320. The Labute approximate surface area is 46.1 Å². The van der Waals surface area contributed by atoms with Crippen LogP contribution in [-0.4, -0.2) is 15.7 Å². The maximum Gasteiger partial charge on any atom is -0.0520 e. The normalized spacial score (nSPS) is 12.0. The van der Waals surface area contributed by atoms with Crippen LogP contribution in [0.25, 0.3) is 0 Å². The Morgan fingerprint density at radius 1 is 0.625 bits per heavy atom. The van der Waals surface area contributed by atoms with Gasteiger partial charge in [-0.2, -0.15) is 0 Å². The van der Waals surface area contributed by atoms with Gasteiger partial charge in [-0.15, -0.1) is 0 Å². The zero-order chi connectivity index (χ0) is 6.73. The van der Waals surface area contributed by atoms with Gasteiger partial charge in [-0.1, -0.05) is 15.7 Å². The number of nitrogens with two attached hydrogens (primary N) is 5. The third-order valence-electron chi connectivity index (χ3n) is 0.473. The standard InChI is InChI=1S/H10N8/c1-6(2)8(5)7(3)4/h1-5H2. The number of hydrogen-bond acceptors (Lipinski definition) is 8. The van der Waals surface area contributed by atoms with E-state index in [9.17, 15) is 0 Å². The van der Waals surface area contributed by atoms with E-state index in [1.807, 2.05) is 0 Å². The van der Waals surface area contributed by atoms with Gasteiger partial charge < -0.3 is 0 Å². The molecule has 0 amide bonds. The van der Waals surface area contributed by atoms with Crippen molar-refractivity contribution in [1.29, 1.82) is 0 Å². The molecular formula is H10N8. The second kappa shape index (κ2) is 2.86. The summed E-state index contributed by atoms with van der Waals surface area (Å²) < 4.78 is 0. The van der Waals surface area contributed by atoms with Crippen molar-refractivity contribution >= 4 is 0 Å². The average Bonchev–Trinajstić information content (AvgIpc) is 1.64. The molecule has 0 unspecified atom stereocenters. The quantitative estimate of drug-likeness (QED) is 0.185. The summed E-state index contributed by atoms with van der Waals surface area (Å²) in [6.45, 7) is 0. The molecule has 0 aliphatic carbocycles. The number of hydrogen-bond donors (Lipinski definition) is 5. The van der Waals surface area contributed by atoms with Gasteiger partial charge in [0.1, 0.15) is 0 Å². The van der Waals surface area contributed by atoms with Crippen LogP contribution < -0.4 is 29.2 Å². The van der Waals surface area contributed by atoms with Crippen molar-refractivity contribution < 1.29 is 0 Å². The van der Waals surface area contributed by atoms with Crippen LogP contribution in [0, 0.1) is 0 Å². The molecule has 0 heterocycles. The van der Waals surface area contributed by atoms with Crippen molar-refractivity contribution in [2.24, 2.45) is 29.2 Å². The fraction of sp³-hybridized carbons (Fsp3) is 0. The van der Waals surface area contributed by atoms with Crippen LogP contribution in [0.3, 0.4) is 0 Å². The predicted octanol–water partition coefficient (Wildman–Crippen LogP) is -3.91. The van der Waals surface area contributed by atoms with E-state index in [0.717, 1.165) is 0 Å². The second-order valence-corrected chi connectivity index (χ2v) is 1.08. The van der Waals surface area contributed by atoms with Crippen molar-refractivity contribution in [1.82, 2.24) is 15.7 Å². The zero-order valence-corrected chi connectivity index (χ0v) is 4.23. The van der Waals surface area contributed by atoms with E-state index >= 15 is 0 Å². The molecule has 8 heavy (non-hydrogen) atoms. The van der Waals surface area contributed by atoms with Gasteiger partial charge in [-0.25, -0.2) is 29.2 Å². The first-order valence-corrected chi connectivity index (χ1v) is 1.69. The van der Waals surface area contributed by atoms with Crippen molar-refractivity contribution in [2.75, 3.05) is 0 Å². The molecule has 0 saturated carbocycles. The third-order valence-corrected chi connectivity index (χ3v) is 0.473. The molecule has 8 heteroatoms. The number of rotatable bonds is 2. The van der Waals surface area contributed by atoms with Crippen molar-refractivity contribution in [3.63, 3.8) is 0 Å². The molecule has 0 atom stereocenters. The highest BCUT2D eigenvalue weighted by Crippen LogP contribution is 1.67. The van der Waals surface area contributed by atoms with Crippen molar-refractivity contribution in [3.8, 4) is 0 Å². The van der Waals surface area contributed by atoms with E-state index in [2.05, 4.69) is 0 Å². The fourth-order valence-corrected chi connectivity index (χ4v) is 0.119. The molecule has 0 fully saturated rings. The highest BCUT2D eigenvalue weighted by atomic mass is 16.1. The Bertz CT molecular complexity index is 45.1. The molecule has 10 N–H and O–H groups in total. The van der Waals surface area contributed by atoms with Gasteiger partial charge in [0.05, 0.1) is 0 Å². The van der Waals surface area contributed by atoms with Crippen LogP contribution >= 0.6 is 0 Å². The highest BCUT2D eigenvalue weighted by molar-refractivity contribution is 4.10. The molecule has 0 radical (unpaired) electrons. The van der Waals surface area contributed by atoms with Gasteiger partial charge in [0.25, 0.3) is 0 Å². The first-order valence-electron chi connectivity index (χ1n) is 1.69. The van der Waals surface area contributed by atoms with Crippen LogP contribution in [-0.2, 0) is 0 Å². The summed E-state index contributed by atoms with van der Waals surface area (Å²) in [7, 11) is 0. The summed E-state index contributed by atoms with van der Waals surface area (Å²) in [4.78, 5) is 0. The van der Waals surface area contributed by atoms with Crippen LogP contribution in [0.1, 0.15) is 0 Å². The molecule has 0 aliphatic rings. The fourth-order valence-electron chi connectivity index (χ4n) is 0.119. The molecule has 50 valence electrons. The lowest BCUT2D eigenvalue weighted by Crippen LogP contribution is -2.67. The summed E-state index contributed by atoms with van der Waals surface area (Å²) in [6.07, 6.45) is 0. The first-order chi connectivity index (χ1) is 3.55. The molecule has 8 nitrogen and oxygen atoms in total. The van der Waals surface area contributed by atoms with Crippen LogP contribution in [0.4, 0.5) is 0 Å². The van der Waals surface area contributed by atoms with Gasteiger partial charge in [0.2, 0.25) is 0 Å². The summed E-state index contributed by atoms with van der Waals surface area (Å²) >= 11 is 0. The molecule has 0 saturated heterocycles. The topological polar surface area (TPSA) is 140 Å². The van der Waals surface area contributed by atoms with Crippen molar-refractivity contribution in [3.05, 3.63) is 0 Å². The summed E-state index contributed by atoms with van der Waals surface area (Å²) in [6, 6.07) is 0. The molecule has 0 aromatic rings. The van der Waals surface area contributed by atoms with Crippen LogP contribution in [0.2, 0.25) is 0 Å². The third kappa shape index (κ3) is 2.11. The molecule has 0 spiro atoms. The smallest absolute Gasteiger partial charge is 0.0520 e. The largest absolute Gasteiger partial charge is 0.238 e. The molecule has 0 aliphatic heterocycles. The Morgan fingerprint density at radius 3 is 0.875 bits per heavy atom. The molecular weight excluding hydrogens is 112 g/mol. The maximum absolute atomic E-state index is 4.94. The average molecular weight is 122 g/mol. The van der Waals surface area contributed by atoms with Gasteiger partial charge in [-0.3, -0.25) is 0 Å². The lowest BCUT2D eigenvalue weighted by Gasteiger charge is -2.25. The predicted molar refractivity (Wildman–Crippen MR) is 26.5 cm³/mol. The van der Waals surface area contributed by atoms with E-state index in [-0.39, 0.29) is 0 Å². The number of hydrazine groups is 7. The van der Waals surface area contributed by atoms with E-state index in [0.29, 0.717) is 15.7 Å². The van der Waals surface area contributed by atoms with Crippen LogP contribution in [0.5, 0.6) is 0 Å². The Kier molecular flexibility index (Phi) is 2.75.